The summed E-state index contributed by atoms with van der Waals surface area (Å²) < 4.78 is 11.9. The van der Waals surface area contributed by atoms with Gasteiger partial charge in [0.2, 0.25) is 0 Å². The van der Waals surface area contributed by atoms with Crippen LogP contribution < -0.4 is 20.2 Å². The van der Waals surface area contributed by atoms with Crippen LogP contribution in [-0.2, 0) is 16.2 Å². The molecule has 0 aromatic heterocycles. The second-order valence-electron chi connectivity index (χ2n) is 7.59. The number of hydrogen-bond donors (Lipinski definition) is 2. The zero-order chi connectivity index (χ0) is 25.5. The van der Waals surface area contributed by atoms with Crippen LogP contribution in [0.5, 0.6) is 11.5 Å². The number of hydrazone groups is 1. The molecular weight excluding hydrogens is 557 g/mol. The summed E-state index contributed by atoms with van der Waals surface area (Å²) in [5.74, 6) is -0.820. The quantitative estimate of drug-likeness (QED) is 0.203. The van der Waals surface area contributed by atoms with Crippen molar-refractivity contribution >= 4 is 62.8 Å². The van der Waals surface area contributed by atoms with Gasteiger partial charge in [-0.15, -0.1) is 0 Å². The molecule has 2 amide bonds. The fraction of sp³-hybridized carbons (Fsp3) is 0.160. The summed E-state index contributed by atoms with van der Waals surface area (Å²) >= 11 is 15.6. The van der Waals surface area contributed by atoms with Crippen molar-refractivity contribution in [2.24, 2.45) is 5.10 Å². The first-order valence-corrected chi connectivity index (χ1v) is 11.9. The Kier molecular flexibility index (Phi) is 9.14. The second kappa shape index (κ2) is 12.1. The lowest BCUT2D eigenvalue weighted by molar-refractivity contribution is -0.136. The van der Waals surface area contributed by atoms with Crippen LogP contribution in [0.25, 0.3) is 0 Å². The van der Waals surface area contributed by atoms with Crippen molar-refractivity contribution < 1.29 is 19.1 Å². The number of nitrogens with one attached hydrogen (secondary N) is 2. The molecule has 0 spiro atoms. The van der Waals surface area contributed by atoms with E-state index >= 15 is 0 Å². The van der Waals surface area contributed by atoms with Crippen molar-refractivity contribution in [3.05, 3.63) is 85.3 Å². The Balaban J connectivity index is 1.64. The summed E-state index contributed by atoms with van der Waals surface area (Å²) in [5, 5.41) is 7.45. The zero-order valence-electron chi connectivity index (χ0n) is 19.1. The van der Waals surface area contributed by atoms with E-state index in [1.807, 2.05) is 19.9 Å². The number of benzene rings is 3. The molecule has 182 valence electrons. The Morgan fingerprint density at radius 3 is 2.40 bits per heavy atom. The molecule has 0 bridgehead atoms. The Labute approximate surface area is 221 Å². The maximum Gasteiger partial charge on any atom is 0.329 e. The Hall–Kier alpha value is -3.07. The zero-order valence-corrected chi connectivity index (χ0v) is 22.2. The van der Waals surface area contributed by atoms with Gasteiger partial charge in [-0.2, -0.15) is 5.10 Å². The minimum absolute atomic E-state index is 0.198. The van der Waals surface area contributed by atoms with Gasteiger partial charge in [-0.05, 0) is 82.9 Å². The normalized spacial score (nSPS) is 10.8. The summed E-state index contributed by atoms with van der Waals surface area (Å²) in [4.78, 5) is 24.3. The van der Waals surface area contributed by atoms with Crippen LogP contribution in [-0.4, -0.2) is 25.1 Å². The number of nitrogens with zero attached hydrogens (tertiary/aromatic N) is 1. The highest BCUT2D eigenvalue weighted by atomic mass is 79.9. The first-order valence-electron chi connectivity index (χ1n) is 10.3. The van der Waals surface area contributed by atoms with Gasteiger partial charge in [-0.3, -0.25) is 9.59 Å². The van der Waals surface area contributed by atoms with Gasteiger partial charge in [0.05, 0.1) is 17.8 Å². The fourth-order valence-corrected chi connectivity index (χ4v) is 4.23. The number of rotatable bonds is 7. The van der Waals surface area contributed by atoms with Gasteiger partial charge in [0.15, 0.2) is 11.5 Å². The average Bonchev–Trinajstić information content (AvgIpc) is 2.78. The standard InChI is InChI=1S/C25H22BrCl2N3O4/c1-14-6-15(2)8-19(7-14)30-24(32)25(33)31-29-12-16-9-20(26)23(22(10-16)34-3)35-13-17-4-5-18(27)11-21(17)28/h4-12H,13H2,1-3H3,(H,30,32)(H,31,33)/b29-12+. The van der Waals surface area contributed by atoms with Crippen LogP contribution >= 0.6 is 39.1 Å². The molecule has 3 aromatic rings. The molecule has 10 heteroatoms. The lowest BCUT2D eigenvalue weighted by atomic mass is 10.1. The SMILES string of the molecule is COc1cc(/C=N/NC(=O)C(=O)Nc2cc(C)cc(C)c2)cc(Br)c1OCc1ccc(Cl)cc1Cl. The number of ether oxygens (including phenoxy) is 2. The Morgan fingerprint density at radius 2 is 1.74 bits per heavy atom. The number of hydrogen-bond acceptors (Lipinski definition) is 5. The molecule has 3 rings (SSSR count). The summed E-state index contributed by atoms with van der Waals surface area (Å²) in [6, 6.07) is 14.1. The van der Waals surface area contributed by atoms with Crippen molar-refractivity contribution in [1.29, 1.82) is 0 Å². The minimum Gasteiger partial charge on any atom is -0.493 e. The molecule has 0 fully saturated rings. The predicted octanol–water partition coefficient (Wildman–Crippen LogP) is 6.05. The molecule has 35 heavy (non-hydrogen) atoms. The van der Waals surface area contributed by atoms with Gasteiger partial charge < -0.3 is 14.8 Å². The van der Waals surface area contributed by atoms with Crippen molar-refractivity contribution in [3.8, 4) is 11.5 Å². The Bertz CT molecular complexity index is 1280. The van der Waals surface area contributed by atoms with Crippen molar-refractivity contribution in [2.75, 3.05) is 12.4 Å². The van der Waals surface area contributed by atoms with E-state index < -0.39 is 11.8 Å². The second-order valence-corrected chi connectivity index (χ2v) is 9.29. The number of aryl methyl sites for hydroxylation is 2. The van der Waals surface area contributed by atoms with E-state index in [9.17, 15) is 9.59 Å². The van der Waals surface area contributed by atoms with Crippen molar-refractivity contribution in [2.45, 2.75) is 20.5 Å². The van der Waals surface area contributed by atoms with Crippen LogP contribution in [0.3, 0.4) is 0 Å². The van der Waals surface area contributed by atoms with E-state index in [4.69, 9.17) is 32.7 Å². The monoisotopic (exact) mass is 577 g/mol. The molecule has 0 atom stereocenters. The van der Waals surface area contributed by atoms with Crippen LogP contribution in [0.4, 0.5) is 5.69 Å². The Morgan fingerprint density at radius 1 is 1.03 bits per heavy atom. The first kappa shape index (κ1) is 26.5. The number of carbonyl (C=O) groups excluding carboxylic acids is 2. The van der Waals surface area contributed by atoms with E-state index in [2.05, 4.69) is 31.8 Å². The molecule has 0 saturated carbocycles. The van der Waals surface area contributed by atoms with Crippen molar-refractivity contribution in [3.63, 3.8) is 0 Å². The molecule has 2 N–H and O–H groups in total. The third-order valence-corrected chi connectivity index (χ3v) is 5.88. The topological polar surface area (TPSA) is 89.0 Å². The largest absolute Gasteiger partial charge is 0.493 e. The maximum atomic E-state index is 12.2. The van der Waals surface area contributed by atoms with E-state index in [-0.39, 0.29) is 6.61 Å². The van der Waals surface area contributed by atoms with Gasteiger partial charge in [0.1, 0.15) is 6.61 Å². The highest BCUT2D eigenvalue weighted by Gasteiger charge is 2.15. The van der Waals surface area contributed by atoms with Crippen LogP contribution in [0, 0.1) is 13.8 Å². The minimum atomic E-state index is -0.897. The molecule has 0 aliphatic rings. The van der Waals surface area contributed by atoms with E-state index in [1.165, 1.54) is 13.3 Å². The lowest BCUT2D eigenvalue weighted by Crippen LogP contribution is -2.32. The van der Waals surface area contributed by atoms with Gasteiger partial charge in [0.25, 0.3) is 0 Å². The van der Waals surface area contributed by atoms with E-state index in [1.54, 1.807) is 42.5 Å². The summed E-state index contributed by atoms with van der Waals surface area (Å²) in [6.07, 6.45) is 1.38. The number of anilines is 1. The summed E-state index contributed by atoms with van der Waals surface area (Å²) in [6.45, 7) is 4.01. The van der Waals surface area contributed by atoms with Gasteiger partial charge in [-0.1, -0.05) is 35.3 Å². The average molecular weight is 579 g/mol. The number of carbonyl (C=O) groups is 2. The smallest absolute Gasteiger partial charge is 0.329 e. The fourth-order valence-electron chi connectivity index (χ4n) is 3.19. The third kappa shape index (κ3) is 7.45. The molecule has 0 aliphatic carbocycles. The molecule has 0 aliphatic heterocycles. The van der Waals surface area contributed by atoms with Gasteiger partial charge >= 0.3 is 11.8 Å². The van der Waals surface area contributed by atoms with Crippen molar-refractivity contribution in [1.82, 2.24) is 5.43 Å². The summed E-state index contributed by atoms with van der Waals surface area (Å²) in [5.41, 5.74) is 6.06. The molecule has 0 radical (unpaired) electrons. The molecular formula is C25H22BrCl2N3O4. The van der Waals surface area contributed by atoms with E-state index in [0.29, 0.717) is 37.3 Å². The lowest BCUT2D eigenvalue weighted by Gasteiger charge is -2.14. The molecule has 0 heterocycles. The number of amides is 2. The predicted molar refractivity (Wildman–Crippen MR) is 142 cm³/mol. The summed E-state index contributed by atoms with van der Waals surface area (Å²) in [7, 11) is 1.50. The van der Waals surface area contributed by atoms with Crippen LogP contribution in [0.15, 0.2) is 58.1 Å². The molecule has 7 nitrogen and oxygen atoms in total. The number of halogens is 3. The third-order valence-electron chi connectivity index (χ3n) is 4.70. The van der Waals surface area contributed by atoms with Crippen LogP contribution in [0.2, 0.25) is 10.0 Å². The van der Waals surface area contributed by atoms with Gasteiger partial charge in [0, 0.05) is 21.3 Å². The molecule has 0 saturated heterocycles. The molecule has 3 aromatic carbocycles. The highest BCUT2D eigenvalue weighted by molar-refractivity contribution is 9.10. The van der Waals surface area contributed by atoms with Crippen LogP contribution in [0.1, 0.15) is 22.3 Å². The van der Waals surface area contributed by atoms with E-state index in [0.717, 1.165) is 16.7 Å². The van der Waals surface area contributed by atoms with Gasteiger partial charge in [-0.25, -0.2) is 5.43 Å². The molecule has 0 unspecified atom stereocenters. The first-order chi connectivity index (χ1) is 16.7. The number of methoxy groups -OCH3 is 1. The maximum absolute atomic E-state index is 12.2. The highest BCUT2D eigenvalue weighted by Crippen LogP contribution is 2.37.